The van der Waals surface area contributed by atoms with E-state index in [1.165, 1.54) is 0 Å². The Balaban J connectivity index is 2.58. The van der Waals surface area contributed by atoms with Gasteiger partial charge in [0.25, 0.3) is 0 Å². The number of aliphatic carboxylic acids is 1. The van der Waals surface area contributed by atoms with Gasteiger partial charge in [-0.15, -0.1) is 0 Å². The SMILES string of the molecule is COc1cc(C2(C(=O)O)CCCC2)c(O)cc1C. The van der Waals surface area contributed by atoms with Crippen LogP contribution in [0.5, 0.6) is 11.5 Å². The van der Waals surface area contributed by atoms with E-state index in [1.807, 2.05) is 6.92 Å². The van der Waals surface area contributed by atoms with Gasteiger partial charge in [-0.05, 0) is 37.5 Å². The Kier molecular flexibility index (Phi) is 3.20. The Morgan fingerprint density at radius 2 is 1.94 bits per heavy atom. The van der Waals surface area contributed by atoms with E-state index in [0.29, 0.717) is 24.2 Å². The Bertz CT molecular complexity index is 473. The van der Waals surface area contributed by atoms with Gasteiger partial charge in [-0.2, -0.15) is 0 Å². The molecule has 1 saturated carbocycles. The van der Waals surface area contributed by atoms with Crippen molar-refractivity contribution in [2.24, 2.45) is 0 Å². The molecule has 1 aromatic rings. The minimum atomic E-state index is -0.953. The highest BCUT2D eigenvalue weighted by molar-refractivity contribution is 5.83. The Hall–Kier alpha value is -1.71. The van der Waals surface area contributed by atoms with Crippen LogP contribution in [0, 0.1) is 6.92 Å². The van der Waals surface area contributed by atoms with Crippen LogP contribution in [0.4, 0.5) is 0 Å². The molecule has 0 heterocycles. The van der Waals surface area contributed by atoms with Crippen molar-refractivity contribution in [3.8, 4) is 11.5 Å². The van der Waals surface area contributed by atoms with E-state index in [2.05, 4.69) is 0 Å². The summed E-state index contributed by atoms with van der Waals surface area (Å²) in [5.74, 6) is -0.186. The Morgan fingerprint density at radius 3 is 2.44 bits per heavy atom. The highest BCUT2D eigenvalue weighted by Gasteiger charge is 2.44. The molecule has 18 heavy (non-hydrogen) atoms. The first-order valence-corrected chi connectivity index (χ1v) is 6.13. The van der Waals surface area contributed by atoms with Crippen molar-refractivity contribution in [1.29, 1.82) is 0 Å². The van der Waals surface area contributed by atoms with E-state index in [0.717, 1.165) is 18.4 Å². The Morgan fingerprint density at radius 1 is 1.33 bits per heavy atom. The summed E-state index contributed by atoms with van der Waals surface area (Å²) in [6.07, 6.45) is 2.90. The lowest BCUT2D eigenvalue weighted by Crippen LogP contribution is -2.32. The monoisotopic (exact) mass is 250 g/mol. The van der Waals surface area contributed by atoms with Crippen molar-refractivity contribution in [3.05, 3.63) is 23.3 Å². The van der Waals surface area contributed by atoms with E-state index < -0.39 is 11.4 Å². The minimum absolute atomic E-state index is 0.0533. The summed E-state index contributed by atoms with van der Waals surface area (Å²) < 4.78 is 5.22. The lowest BCUT2D eigenvalue weighted by atomic mass is 9.78. The number of methoxy groups -OCH3 is 1. The third-order valence-electron chi connectivity index (χ3n) is 3.90. The van der Waals surface area contributed by atoms with Crippen molar-refractivity contribution in [1.82, 2.24) is 0 Å². The first kappa shape index (κ1) is 12.7. The molecule has 4 nitrogen and oxygen atoms in total. The van der Waals surface area contributed by atoms with Gasteiger partial charge >= 0.3 is 5.97 Å². The number of aromatic hydroxyl groups is 1. The summed E-state index contributed by atoms with van der Waals surface area (Å²) in [5.41, 5.74) is 0.331. The van der Waals surface area contributed by atoms with Crippen LogP contribution in [-0.4, -0.2) is 23.3 Å². The van der Waals surface area contributed by atoms with Crippen LogP contribution in [0.3, 0.4) is 0 Å². The van der Waals surface area contributed by atoms with Crippen molar-refractivity contribution in [2.45, 2.75) is 38.0 Å². The van der Waals surface area contributed by atoms with Crippen LogP contribution in [-0.2, 0) is 10.2 Å². The van der Waals surface area contributed by atoms with Crippen molar-refractivity contribution in [3.63, 3.8) is 0 Å². The molecule has 0 saturated heterocycles. The summed E-state index contributed by atoms with van der Waals surface area (Å²) in [5, 5.41) is 19.6. The Labute approximate surface area is 106 Å². The van der Waals surface area contributed by atoms with Gasteiger partial charge in [-0.25, -0.2) is 0 Å². The number of aryl methyl sites for hydroxylation is 1. The van der Waals surface area contributed by atoms with E-state index >= 15 is 0 Å². The molecule has 4 heteroatoms. The van der Waals surface area contributed by atoms with Gasteiger partial charge in [0.15, 0.2) is 0 Å². The van der Waals surface area contributed by atoms with Gasteiger partial charge in [-0.3, -0.25) is 4.79 Å². The van der Waals surface area contributed by atoms with E-state index in [9.17, 15) is 15.0 Å². The summed E-state index contributed by atoms with van der Waals surface area (Å²) in [4.78, 5) is 11.6. The number of carboxylic acids is 1. The summed E-state index contributed by atoms with van der Waals surface area (Å²) in [6, 6.07) is 3.25. The summed E-state index contributed by atoms with van der Waals surface area (Å²) >= 11 is 0. The molecule has 1 fully saturated rings. The largest absolute Gasteiger partial charge is 0.508 e. The van der Waals surface area contributed by atoms with Crippen LogP contribution in [0.1, 0.15) is 36.8 Å². The molecule has 98 valence electrons. The molecule has 2 N–H and O–H groups in total. The molecule has 1 aliphatic carbocycles. The fraction of sp³-hybridized carbons (Fsp3) is 0.500. The number of hydrogen-bond acceptors (Lipinski definition) is 3. The molecular weight excluding hydrogens is 232 g/mol. The van der Waals surface area contributed by atoms with Crippen LogP contribution in [0.25, 0.3) is 0 Å². The summed E-state index contributed by atoms with van der Waals surface area (Å²) in [6.45, 7) is 1.82. The standard InChI is InChI=1S/C14H18O4/c1-9-7-11(15)10(8-12(9)18-2)14(13(16)17)5-3-4-6-14/h7-8,15H,3-6H2,1-2H3,(H,16,17). The maximum Gasteiger partial charge on any atom is 0.314 e. The fourth-order valence-electron chi connectivity index (χ4n) is 2.85. The number of rotatable bonds is 3. The third-order valence-corrected chi connectivity index (χ3v) is 3.90. The molecule has 0 aromatic heterocycles. The molecule has 0 spiro atoms. The topological polar surface area (TPSA) is 66.8 Å². The van der Waals surface area contributed by atoms with Gasteiger partial charge < -0.3 is 14.9 Å². The van der Waals surface area contributed by atoms with Gasteiger partial charge in [0.2, 0.25) is 0 Å². The number of phenols is 1. The fourth-order valence-corrected chi connectivity index (χ4v) is 2.85. The summed E-state index contributed by atoms with van der Waals surface area (Å²) in [7, 11) is 1.55. The smallest absolute Gasteiger partial charge is 0.314 e. The predicted molar refractivity (Wildman–Crippen MR) is 67.2 cm³/mol. The molecule has 0 unspecified atom stereocenters. The van der Waals surface area contributed by atoms with Crippen molar-refractivity contribution >= 4 is 5.97 Å². The molecule has 0 radical (unpaired) electrons. The lowest BCUT2D eigenvalue weighted by molar-refractivity contribution is -0.143. The third kappa shape index (κ3) is 1.82. The van der Waals surface area contributed by atoms with E-state index in [4.69, 9.17) is 4.74 Å². The molecular formula is C14H18O4. The van der Waals surface area contributed by atoms with Crippen LogP contribution in [0.2, 0.25) is 0 Å². The molecule has 0 amide bonds. The zero-order chi connectivity index (χ0) is 13.3. The molecule has 1 aliphatic rings. The van der Waals surface area contributed by atoms with Gasteiger partial charge in [0.05, 0.1) is 12.5 Å². The number of ether oxygens (including phenoxy) is 1. The maximum atomic E-state index is 11.6. The van der Waals surface area contributed by atoms with Crippen molar-refractivity contribution < 1.29 is 19.7 Å². The van der Waals surface area contributed by atoms with Crippen LogP contribution >= 0.6 is 0 Å². The number of phenolic OH excluding ortho intramolecular Hbond substituents is 1. The van der Waals surface area contributed by atoms with Gasteiger partial charge in [0.1, 0.15) is 11.5 Å². The van der Waals surface area contributed by atoms with Crippen LogP contribution < -0.4 is 4.74 Å². The highest BCUT2D eigenvalue weighted by Crippen LogP contribution is 2.46. The van der Waals surface area contributed by atoms with Crippen LogP contribution in [0.15, 0.2) is 12.1 Å². The first-order chi connectivity index (χ1) is 8.51. The zero-order valence-corrected chi connectivity index (χ0v) is 10.7. The average Bonchev–Trinajstić information content (AvgIpc) is 2.79. The normalized spacial score (nSPS) is 17.7. The molecule has 1 aromatic carbocycles. The molecule has 0 bridgehead atoms. The number of hydrogen-bond donors (Lipinski definition) is 2. The lowest BCUT2D eigenvalue weighted by Gasteiger charge is -2.26. The highest BCUT2D eigenvalue weighted by atomic mass is 16.5. The van der Waals surface area contributed by atoms with Gasteiger partial charge in [-0.1, -0.05) is 12.8 Å². The number of benzene rings is 1. The molecule has 0 atom stereocenters. The zero-order valence-electron chi connectivity index (χ0n) is 10.7. The minimum Gasteiger partial charge on any atom is -0.508 e. The second kappa shape index (κ2) is 4.52. The van der Waals surface area contributed by atoms with E-state index in [1.54, 1.807) is 19.2 Å². The number of carboxylic acid groups (broad SMARTS) is 1. The number of carbonyl (C=O) groups is 1. The van der Waals surface area contributed by atoms with Gasteiger partial charge in [0, 0.05) is 5.56 Å². The molecule has 0 aliphatic heterocycles. The predicted octanol–water partition coefficient (Wildman–Crippen LogP) is 2.61. The second-order valence-corrected chi connectivity index (χ2v) is 4.93. The van der Waals surface area contributed by atoms with E-state index in [-0.39, 0.29) is 5.75 Å². The second-order valence-electron chi connectivity index (χ2n) is 4.93. The quantitative estimate of drug-likeness (QED) is 0.865. The first-order valence-electron chi connectivity index (χ1n) is 6.13. The van der Waals surface area contributed by atoms with Crippen molar-refractivity contribution in [2.75, 3.05) is 7.11 Å². The average molecular weight is 250 g/mol. The maximum absolute atomic E-state index is 11.6. The molecule has 2 rings (SSSR count).